The van der Waals surface area contributed by atoms with Gasteiger partial charge in [0.2, 0.25) is 5.91 Å². The Bertz CT molecular complexity index is 940. The lowest BCUT2D eigenvalue weighted by Crippen LogP contribution is -2.23. The van der Waals surface area contributed by atoms with Crippen molar-refractivity contribution >= 4 is 17.6 Å². The van der Waals surface area contributed by atoms with Crippen LogP contribution in [0.3, 0.4) is 0 Å². The zero-order valence-electron chi connectivity index (χ0n) is 16.0. The fraction of sp³-hybridized carbons (Fsp3) is 0.273. The average Bonchev–Trinajstić information content (AvgIpc) is 3.09. The molecule has 3 aromatic rings. The van der Waals surface area contributed by atoms with E-state index in [1.54, 1.807) is 13.2 Å². The molecule has 0 aliphatic rings. The van der Waals surface area contributed by atoms with E-state index in [4.69, 9.17) is 4.74 Å². The van der Waals surface area contributed by atoms with E-state index in [1.165, 1.54) is 5.56 Å². The van der Waals surface area contributed by atoms with Crippen LogP contribution < -0.4 is 10.1 Å². The SMILES string of the molecule is COc1cccn2cc(CCNC(=O)/C=C/c3ccc(C(C)C)cc3)nc12. The summed E-state index contributed by atoms with van der Waals surface area (Å²) in [5, 5.41) is 2.90. The standard InChI is InChI=1S/C22H25N3O2/c1-16(2)18-9-6-17(7-10-18)8-11-21(26)23-13-12-19-15-25-14-4-5-20(27-3)22(25)24-19/h4-11,14-16H,12-13H2,1-3H3,(H,23,26)/b11-8+. The van der Waals surface area contributed by atoms with Gasteiger partial charge in [0.25, 0.3) is 0 Å². The highest BCUT2D eigenvalue weighted by Crippen LogP contribution is 2.18. The van der Waals surface area contributed by atoms with E-state index in [2.05, 4.69) is 36.3 Å². The fourth-order valence-electron chi connectivity index (χ4n) is 2.85. The predicted molar refractivity (Wildman–Crippen MR) is 108 cm³/mol. The van der Waals surface area contributed by atoms with E-state index in [-0.39, 0.29) is 5.91 Å². The molecular formula is C22H25N3O2. The molecule has 5 heteroatoms. The second-order valence-electron chi connectivity index (χ2n) is 6.74. The molecule has 2 aromatic heterocycles. The number of aromatic nitrogens is 2. The second kappa shape index (κ2) is 8.54. The van der Waals surface area contributed by atoms with Crippen molar-refractivity contribution in [1.82, 2.24) is 14.7 Å². The van der Waals surface area contributed by atoms with Gasteiger partial charge in [-0.15, -0.1) is 0 Å². The maximum Gasteiger partial charge on any atom is 0.244 e. The number of methoxy groups -OCH3 is 1. The molecule has 1 aromatic carbocycles. The molecule has 0 fully saturated rings. The van der Waals surface area contributed by atoms with Crippen molar-refractivity contribution in [1.29, 1.82) is 0 Å². The zero-order valence-corrected chi connectivity index (χ0v) is 16.0. The molecule has 3 rings (SSSR count). The smallest absolute Gasteiger partial charge is 0.244 e. The van der Waals surface area contributed by atoms with Gasteiger partial charge < -0.3 is 14.5 Å². The number of benzene rings is 1. The van der Waals surface area contributed by atoms with Crippen molar-refractivity contribution in [3.63, 3.8) is 0 Å². The maximum atomic E-state index is 12.0. The van der Waals surface area contributed by atoms with Crippen molar-refractivity contribution in [2.75, 3.05) is 13.7 Å². The summed E-state index contributed by atoms with van der Waals surface area (Å²) in [6.45, 7) is 4.86. The summed E-state index contributed by atoms with van der Waals surface area (Å²) >= 11 is 0. The van der Waals surface area contributed by atoms with E-state index >= 15 is 0 Å². The Morgan fingerprint density at radius 1 is 1.26 bits per heavy atom. The van der Waals surface area contributed by atoms with Crippen molar-refractivity contribution in [2.45, 2.75) is 26.2 Å². The van der Waals surface area contributed by atoms with E-state index in [0.29, 0.717) is 18.9 Å². The van der Waals surface area contributed by atoms with Gasteiger partial charge in [-0.1, -0.05) is 38.1 Å². The van der Waals surface area contributed by atoms with Crippen LogP contribution in [-0.2, 0) is 11.2 Å². The lowest BCUT2D eigenvalue weighted by atomic mass is 10.0. The monoisotopic (exact) mass is 363 g/mol. The molecule has 2 heterocycles. The Balaban J connectivity index is 1.52. The molecule has 0 atom stereocenters. The molecular weight excluding hydrogens is 338 g/mol. The number of rotatable bonds is 7. The van der Waals surface area contributed by atoms with Crippen molar-refractivity contribution < 1.29 is 9.53 Å². The minimum atomic E-state index is -0.107. The van der Waals surface area contributed by atoms with Crippen LogP contribution in [0.1, 0.15) is 36.6 Å². The van der Waals surface area contributed by atoms with E-state index < -0.39 is 0 Å². The van der Waals surface area contributed by atoms with E-state index in [1.807, 2.05) is 47.1 Å². The van der Waals surface area contributed by atoms with Crippen molar-refractivity contribution in [3.8, 4) is 5.75 Å². The number of ether oxygens (including phenoxy) is 1. The van der Waals surface area contributed by atoms with E-state index in [9.17, 15) is 4.79 Å². The first kappa shape index (κ1) is 18.7. The van der Waals surface area contributed by atoms with Gasteiger partial charge in [0.1, 0.15) is 0 Å². The minimum absolute atomic E-state index is 0.107. The number of hydrogen-bond acceptors (Lipinski definition) is 3. The number of pyridine rings is 1. The molecule has 0 aliphatic heterocycles. The molecule has 0 spiro atoms. The Labute approximate surface area is 159 Å². The third-order valence-electron chi connectivity index (χ3n) is 4.43. The number of fused-ring (bicyclic) bond motifs is 1. The number of carbonyl (C=O) groups is 1. The van der Waals surface area contributed by atoms with Gasteiger partial charge in [-0.25, -0.2) is 4.98 Å². The third kappa shape index (κ3) is 4.76. The fourth-order valence-corrected chi connectivity index (χ4v) is 2.85. The highest BCUT2D eigenvalue weighted by atomic mass is 16.5. The van der Waals surface area contributed by atoms with Crippen LogP contribution in [0.25, 0.3) is 11.7 Å². The number of hydrogen-bond donors (Lipinski definition) is 1. The first-order valence-corrected chi connectivity index (χ1v) is 9.13. The van der Waals surface area contributed by atoms with Gasteiger partial charge in [0.05, 0.1) is 12.8 Å². The molecule has 27 heavy (non-hydrogen) atoms. The van der Waals surface area contributed by atoms with Gasteiger partial charge in [0.15, 0.2) is 11.4 Å². The van der Waals surface area contributed by atoms with Crippen molar-refractivity contribution in [3.05, 3.63) is 71.7 Å². The predicted octanol–water partition coefficient (Wildman–Crippen LogP) is 3.84. The maximum absolute atomic E-state index is 12.0. The summed E-state index contributed by atoms with van der Waals surface area (Å²) in [7, 11) is 1.63. The summed E-state index contributed by atoms with van der Waals surface area (Å²) in [6.07, 6.45) is 7.94. The number of imidazole rings is 1. The molecule has 1 N–H and O–H groups in total. The van der Waals surface area contributed by atoms with Crippen LogP contribution in [0.15, 0.2) is 54.9 Å². The quantitative estimate of drug-likeness (QED) is 0.649. The molecule has 1 amide bonds. The summed E-state index contributed by atoms with van der Waals surface area (Å²) in [5.74, 6) is 1.13. The molecule has 0 unspecified atom stereocenters. The molecule has 5 nitrogen and oxygen atoms in total. The summed E-state index contributed by atoms with van der Waals surface area (Å²) in [4.78, 5) is 16.6. The summed E-state index contributed by atoms with van der Waals surface area (Å²) in [5.41, 5.74) is 4.00. The molecule has 0 saturated carbocycles. The summed E-state index contributed by atoms with van der Waals surface area (Å²) in [6, 6.07) is 12.1. The number of nitrogens with one attached hydrogen (secondary N) is 1. The average molecular weight is 363 g/mol. The van der Waals surface area contributed by atoms with E-state index in [0.717, 1.165) is 22.7 Å². The van der Waals surface area contributed by atoms with Crippen molar-refractivity contribution in [2.24, 2.45) is 0 Å². The number of amides is 1. The van der Waals surface area contributed by atoms with Crippen LogP contribution in [0.4, 0.5) is 0 Å². The van der Waals surface area contributed by atoms with Crippen LogP contribution >= 0.6 is 0 Å². The minimum Gasteiger partial charge on any atom is -0.493 e. The van der Waals surface area contributed by atoms with Crippen LogP contribution in [0.5, 0.6) is 5.75 Å². The molecule has 0 radical (unpaired) electrons. The summed E-state index contributed by atoms with van der Waals surface area (Å²) < 4.78 is 7.24. The normalized spacial score (nSPS) is 11.4. The lowest BCUT2D eigenvalue weighted by molar-refractivity contribution is -0.116. The number of nitrogens with zero attached hydrogens (tertiary/aromatic N) is 2. The van der Waals surface area contributed by atoms with Crippen LogP contribution in [-0.4, -0.2) is 28.9 Å². The van der Waals surface area contributed by atoms with Gasteiger partial charge in [-0.05, 0) is 35.3 Å². The largest absolute Gasteiger partial charge is 0.493 e. The molecule has 140 valence electrons. The topological polar surface area (TPSA) is 55.6 Å². The zero-order chi connectivity index (χ0) is 19.2. The van der Waals surface area contributed by atoms with Crippen LogP contribution in [0, 0.1) is 0 Å². The Morgan fingerprint density at radius 2 is 2.04 bits per heavy atom. The van der Waals surface area contributed by atoms with Gasteiger partial charge in [-0.3, -0.25) is 4.79 Å². The van der Waals surface area contributed by atoms with Gasteiger partial charge in [0, 0.05) is 31.4 Å². The van der Waals surface area contributed by atoms with Gasteiger partial charge in [-0.2, -0.15) is 0 Å². The molecule has 0 saturated heterocycles. The lowest BCUT2D eigenvalue weighted by Gasteiger charge is -2.04. The van der Waals surface area contributed by atoms with Gasteiger partial charge >= 0.3 is 0 Å². The first-order chi connectivity index (χ1) is 13.1. The number of carbonyl (C=O) groups excluding carboxylic acids is 1. The third-order valence-corrected chi connectivity index (χ3v) is 4.43. The van der Waals surface area contributed by atoms with Crippen LogP contribution in [0.2, 0.25) is 0 Å². The Morgan fingerprint density at radius 3 is 2.74 bits per heavy atom. The molecule has 0 aliphatic carbocycles. The Kier molecular flexibility index (Phi) is 5.91. The highest BCUT2D eigenvalue weighted by molar-refractivity contribution is 5.91. The first-order valence-electron chi connectivity index (χ1n) is 9.13. The Hall–Kier alpha value is -3.08. The molecule has 0 bridgehead atoms. The second-order valence-corrected chi connectivity index (χ2v) is 6.74. The highest BCUT2D eigenvalue weighted by Gasteiger charge is 2.06.